The third-order valence-electron chi connectivity index (χ3n) is 3.95. The van der Waals surface area contributed by atoms with Gasteiger partial charge in [0.2, 0.25) is 0 Å². The lowest BCUT2D eigenvalue weighted by atomic mass is 10.0. The van der Waals surface area contributed by atoms with Crippen molar-refractivity contribution in [1.29, 1.82) is 0 Å². The lowest BCUT2D eigenvalue weighted by Gasteiger charge is -2.36. The van der Waals surface area contributed by atoms with Gasteiger partial charge in [0.1, 0.15) is 4.21 Å². The third-order valence-corrected chi connectivity index (χ3v) is 6.95. The molecule has 0 aromatic carbocycles. The summed E-state index contributed by atoms with van der Waals surface area (Å²) in [5.41, 5.74) is 0. The van der Waals surface area contributed by atoms with E-state index in [-0.39, 0.29) is 4.21 Å². The minimum absolute atomic E-state index is 0.198. The molecule has 7 heteroatoms. The van der Waals surface area contributed by atoms with Crippen molar-refractivity contribution in [3.8, 4) is 0 Å². The molecular formula is C14H23ClN2O2S2. The molecular weight excluding hydrogens is 328 g/mol. The summed E-state index contributed by atoms with van der Waals surface area (Å²) < 4.78 is 21.1. The van der Waals surface area contributed by atoms with Gasteiger partial charge in [-0.15, -0.1) is 11.3 Å². The van der Waals surface area contributed by atoms with E-state index in [2.05, 4.69) is 10.2 Å². The highest BCUT2D eigenvalue weighted by molar-refractivity contribution is 8.15. The van der Waals surface area contributed by atoms with E-state index in [0.717, 1.165) is 17.4 Å². The van der Waals surface area contributed by atoms with Gasteiger partial charge in [-0.3, -0.25) is 0 Å². The summed E-state index contributed by atoms with van der Waals surface area (Å²) in [7, 11) is 1.51. The minimum atomic E-state index is -3.47. The number of halogens is 1. The van der Waals surface area contributed by atoms with Crippen molar-refractivity contribution in [3.63, 3.8) is 0 Å². The van der Waals surface area contributed by atoms with E-state index in [0.29, 0.717) is 0 Å². The second-order valence-electron chi connectivity index (χ2n) is 5.45. The molecule has 0 atom stereocenters. The zero-order chi connectivity index (χ0) is 15.1. The van der Waals surface area contributed by atoms with Crippen LogP contribution in [0.2, 0.25) is 0 Å². The van der Waals surface area contributed by atoms with Gasteiger partial charge in [0.15, 0.2) is 0 Å². The van der Waals surface area contributed by atoms with Crippen LogP contribution in [-0.4, -0.2) is 45.5 Å². The first kappa shape index (κ1) is 17.2. The molecule has 0 amide bonds. The van der Waals surface area contributed by atoms with Gasteiger partial charge < -0.3 is 10.2 Å². The van der Waals surface area contributed by atoms with Gasteiger partial charge in [0.25, 0.3) is 9.05 Å². The first-order valence-corrected chi connectivity index (χ1v) is 10.7. The number of nitrogens with zero attached hydrogens (tertiary/aromatic N) is 1. The molecule has 1 aromatic heterocycles. The van der Waals surface area contributed by atoms with E-state index < -0.39 is 9.05 Å². The zero-order valence-corrected chi connectivity index (χ0v) is 14.5. The molecule has 3 rings (SSSR count). The Bertz CT molecular complexity index is 477. The number of likely N-dealkylation sites (tertiary alicyclic amines) is 1. The summed E-state index contributed by atoms with van der Waals surface area (Å²) >= 11 is 1.11. The molecule has 2 saturated heterocycles. The monoisotopic (exact) mass is 350 g/mol. The SMILES string of the molecule is C1CCN(C2CCNCC2)CC1.O=S(=O)(Cl)c1cccs1. The zero-order valence-electron chi connectivity index (χ0n) is 12.1. The van der Waals surface area contributed by atoms with E-state index in [4.69, 9.17) is 10.7 Å². The van der Waals surface area contributed by atoms with E-state index in [1.165, 1.54) is 64.3 Å². The Hall–Kier alpha value is -0.140. The van der Waals surface area contributed by atoms with E-state index >= 15 is 0 Å². The Morgan fingerprint density at radius 3 is 2.33 bits per heavy atom. The molecule has 1 aromatic rings. The fraction of sp³-hybridized carbons (Fsp3) is 0.714. The van der Waals surface area contributed by atoms with Crippen LogP contribution in [0.1, 0.15) is 32.1 Å². The Morgan fingerprint density at radius 1 is 1.19 bits per heavy atom. The summed E-state index contributed by atoms with van der Waals surface area (Å²) in [6.07, 6.45) is 7.08. The van der Waals surface area contributed by atoms with Gasteiger partial charge >= 0.3 is 0 Å². The summed E-state index contributed by atoms with van der Waals surface area (Å²) in [4.78, 5) is 2.71. The first-order valence-electron chi connectivity index (χ1n) is 7.50. The van der Waals surface area contributed by atoms with Crippen LogP contribution in [0.5, 0.6) is 0 Å². The molecule has 0 radical (unpaired) electrons. The topological polar surface area (TPSA) is 49.4 Å². The number of rotatable bonds is 2. The molecule has 0 unspecified atom stereocenters. The molecule has 0 bridgehead atoms. The van der Waals surface area contributed by atoms with Gasteiger partial charge in [-0.05, 0) is 63.3 Å². The van der Waals surface area contributed by atoms with Crippen LogP contribution in [0.25, 0.3) is 0 Å². The van der Waals surface area contributed by atoms with E-state index in [1.807, 2.05) is 0 Å². The Balaban J connectivity index is 0.000000161. The van der Waals surface area contributed by atoms with Gasteiger partial charge in [-0.25, -0.2) is 8.42 Å². The average Bonchev–Trinajstić information content (AvgIpc) is 3.04. The van der Waals surface area contributed by atoms with Crippen LogP contribution in [0, 0.1) is 0 Å². The highest BCUT2D eigenvalue weighted by atomic mass is 35.7. The molecule has 2 aliphatic rings. The van der Waals surface area contributed by atoms with Gasteiger partial charge in [0, 0.05) is 16.7 Å². The number of piperidine rings is 2. The van der Waals surface area contributed by atoms with Crippen LogP contribution in [-0.2, 0) is 9.05 Å². The number of nitrogens with one attached hydrogen (secondary N) is 1. The number of thiophene rings is 1. The van der Waals surface area contributed by atoms with Gasteiger partial charge in [-0.1, -0.05) is 12.5 Å². The Labute approximate surface area is 135 Å². The molecule has 21 heavy (non-hydrogen) atoms. The highest BCUT2D eigenvalue weighted by Crippen LogP contribution is 2.19. The number of hydrogen-bond acceptors (Lipinski definition) is 5. The van der Waals surface area contributed by atoms with Crippen molar-refractivity contribution in [2.24, 2.45) is 0 Å². The number of hydrogen-bond donors (Lipinski definition) is 1. The molecule has 1 N–H and O–H groups in total. The first-order chi connectivity index (χ1) is 10.1. The maximum Gasteiger partial charge on any atom is 0.270 e. The van der Waals surface area contributed by atoms with Crippen molar-refractivity contribution in [1.82, 2.24) is 10.2 Å². The third kappa shape index (κ3) is 5.87. The molecule has 0 spiro atoms. The average molecular weight is 351 g/mol. The normalized spacial score (nSPS) is 21.6. The molecule has 2 aliphatic heterocycles. The van der Waals surface area contributed by atoms with E-state index in [1.54, 1.807) is 11.4 Å². The molecule has 0 saturated carbocycles. The fourth-order valence-corrected chi connectivity index (χ4v) is 4.66. The largest absolute Gasteiger partial charge is 0.317 e. The van der Waals surface area contributed by atoms with Crippen LogP contribution in [0.4, 0.5) is 0 Å². The highest BCUT2D eigenvalue weighted by Gasteiger charge is 2.21. The maximum atomic E-state index is 10.5. The van der Waals surface area contributed by atoms with E-state index in [9.17, 15) is 8.42 Å². The fourth-order valence-electron chi connectivity index (χ4n) is 2.86. The van der Waals surface area contributed by atoms with Crippen molar-refractivity contribution < 1.29 is 8.42 Å². The minimum Gasteiger partial charge on any atom is -0.317 e. The summed E-state index contributed by atoms with van der Waals surface area (Å²) in [5.74, 6) is 0. The van der Waals surface area contributed by atoms with Crippen LogP contribution in [0.3, 0.4) is 0 Å². The van der Waals surface area contributed by atoms with Crippen molar-refractivity contribution >= 4 is 31.1 Å². The van der Waals surface area contributed by atoms with Crippen LogP contribution >= 0.6 is 22.0 Å². The predicted molar refractivity (Wildman–Crippen MR) is 88.7 cm³/mol. The lowest BCUT2D eigenvalue weighted by Crippen LogP contribution is -2.45. The van der Waals surface area contributed by atoms with Crippen molar-refractivity contribution in [2.45, 2.75) is 42.4 Å². The Kier molecular flexibility index (Phi) is 6.95. The van der Waals surface area contributed by atoms with Gasteiger partial charge in [-0.2, -0.15) is 0 Å². The van der Waals surface area contributed by atoms with Crippen LogP contribution in [0.15, 0.2) is 21.7 Å². The molecule has 3 heterocycles. The molecule has 0 aliphatic carbocycles. The van der Waals surface area contributed by atoms with Crippen LogP contribution < -0.4 is 5.32 Å². The molecule has 4 nitrogen and oxygen atoms in total. The Morgan fingerprint density at radius 2 is 1.86 bits per heavy atom. The second-order valence-corrected chi connectivity index (χ2v) is 9.19. The standard InChI is InChI=1S/C10H20N2.C4H3ClO2S2/c1-2-8-12(9-3-1)10-4-6-11-7-5-10;5-9(6,7)4-2-1-3-8-4/h10-11H,1-9H2;1-3H. The second kappa shape index (κ2) is 8.48. The van der Waals surface area contributed by atoms with Gasteiger partial charge in [0.05, 0.1) is 0 Å². The smallest absolute Gasteiger partial charge is 0.270 e. The van der Waals surface area contributed by atoms with Crippen molar-refractivity contribution in [3.05, 3.63) is 17.5 Å². The molecule has 120 valence electrons. The summed E-state index contributed by atoms with van der Waals surface area (Å²) in [6.45, 7) is 5.21. The summed E-state index contributed by atoms with van der Waals surface area (Å²) in [6, 6.07) is 4.01. The van der Waals surface area contributed by atoms with Crippen molar-refractivity contribution in [2.75, 3.05) is 26.2 Å². The predicted octanol–water partition coefficient (Wildman–Crippen LogP) is 2.90. The summed E-state index contributed by atoms with van der Waals surface area (Å²) in [5, 5.41) is 5.09. The maximum absolute atomic E-state index is 10.5. The molecule has 2 fully saturated rings. The quantitative estimate of drug-likeness (QED) is 0.833. The lowest BCUT2D eigenvalue weighted by molar-refractivity contribution is 0.136.